The van der Waals surface area contributed by atoms with E-state index in [-0.39, 0.29) is 45.7 Å². The number of hydrogen-bond donors (Lipinski definition) is 7. The first-order chi connectivity index (χ1) is 18.6. The molecule has 206 valence electrons. The molecule has 1 saturated carbocycles. The van der Waals surface area contributed by atoms with Gasteiger partial charge in [-0.1, -0.05) is 0 Å². The van der Waals surface area contributed by atoms with Gasteiger partial charge in [-0.3, -0.25) is 9.59 Å². The number of benzene rings is 3. The predicted molar refractivity (Wildman–Crippen MR) is 140 cm³/mol. The van der Waals surface area contributed by atoms with Gasteiger partial charge >= 0.3 is 0 Å². The molecule has 3 aromatic rings. The number of carbonyl (C=O) groups excluding carboxylic acids is 2. The topological polar surface area (TPSA) is 185 Å². The van der Waals surface area contributed by atoms with Gasteiger partial charge in [0.1, 0.15) is 57.0 Å². The Labute approximate surface area is 227 Å². The number of phenols is 5. The van der Waals surface area contributed by atoms with E-state index in [1.54, 1.807) is 13.8 Å². The average Bonchev–Trinajstić information content (AvgIpc) is 3.13. The fraction of sp³-hybridized carbons (Fsp3) is 0.267. The van der Waals surface area contributed by atoms with Crippen LogP contribution >= 0.6 is 0 Å². The van der Waals surface area contributed by atoms with Crippen LogP contribution in [0.4, 0.5) is 0 Å². The summed E-state index contributed by atoms with van der Waals surface area (Å²) in [5, 5.41) is 77.8. The van der Waals surface area contributed by atoms with Gasteiger partial charge in [-0.05, 0) is 69.5 Å². The predicted octanol–water partition coefficient (Wildman–Crippen LogP) is 3.75. The average molecular weight is 547 g/mol. The van der Waals surface area contributed by atoms with Crippen LogP contribution in [-0.4, -0.2) is 52.9 Å². The number of rotatable bonds is 2. The minimum absolute atomic E-state index is 0.00641. The molecule has 7 N–H and O–H groups in total. The second-order valence-corrected chi connectivity index (χ2v) is 11.0. The van der Waals surface area contributed by atoms with Crippen LogP contribution in [0.3, 0.4) is 0 Å². The van der Waals surface area contributed by atoms with E-state index in [0.717, 1.165) is 0 Å². The van der Waals surface area contributed by atoms with Crippen molar-refractivity contribution in [3.8, 4) is 34.5 Å². The van der Waals surface area contributed by atoms with Gasteiger partial charge in [0.25, 0.3) is 0 Å². The minimum atomic E-state index is -2.16. The van der Waals surface area contributed by atoms with Gasteiger partial charge in [0.2, 0.25) is 5.78 Å². The molecule has 2 aliphatic carbocycles. The Kier molecular flexibility index (Phi) is 4.92. The lowest BCUT2D eigenvalue weighted by molar-refractivity contribution is -0.146. The van der Waals surface area contributed by atoms with Gasteiger partial charge in [-0.25, -0.2) is 0 Å². The maximum atomic E-state index is 13.9. The molecule has 1 unspecified atom stereocenters. The molecule has 1 heterocycles. The van der Waals surface area contributed by atoms with Crippen LogP contribution in [0, 0.1) is 20.8 Å². The lowest BCUT2D eigenvalue weighted by Gasteiger charge is -2.49. The molecule has 0 spiro atoms. The van der Waals surface area contributed by atoms with E-state index >= 15 is 0 Å². The van der Waals surface area contributed by atoms with Crippen LogP contribution in [0.5, 0.6) is 34.5 Å². The third-order valence-electron chi connectivity index (χ3n) is 8.53. The monoisotopic (exact) mass is 546 g/mol. The maximum absolute atomic E-state index is 13.9. The molecular formula is C30H26O10. The van der Waals surface area contributed by atoms with Gasteiger partial charge in [-0.2, -0.15) is 0 Å². The molecule has 3 aromatic carbocycles. The van der Waals surface area contributed by atoms with E-state index in [4.69, 9.17) is 4.74 Å². The Hall–Kier alpha value is -4.70. The second-order valence-electron chi connectivity index (χ2n) is 11.0. The Morgan fingerprint density at radius 3 is 2.08 bits per heavy atom. The second kappa shape index (κ2) is 7.70. The summed E-state index contributed by atoms with van der Waals surface area (Å²) < 4.78 is 6.17. The van der Waals surface area contributed by atoms with Crippen molar-refractivity contribution in [2.24, 2.45) is 0 Å². The van der Waals surface area contributed by atoms with Crippen molar-refractivity contribution >= 4 is 17.3 Å². The summed E-state index contributed by atoms with van der Waals surface area (Å²) in [7, 11) is 0. The molecule has 10 heteroatoms. The number of fused-ring (bicyclic) bond motifs is 8. The largest absolute Gasteiger partial charge is 0.507 e. The van der Waals surface area contributed by atoms with Crippen molar-refractivity contribution in [3.63, 3.8) is 0 Å². The third-order valence-corrected chi connectivity index (χ3v) is 8.53. The van der Waals surface area contributed by atoms with E-state index in [0.29, 0.717) is 11.1 Å². The Morgan fingerprint density at radius 2 is 1.45 bits per heavy atom. The van der Waals surface area contributed by atoms with Crippen molar-refractivity contribution in [1.82, 2.24) is 0 Å². The fourth-order valence-corrected chi connectivity index (χ4v) is 6.65. The molecule has 10 nitrogen and oxygen atoms in total. The summed E-state index contributed by atoms with van der Waals surface area (Å²) >= 11 is 0. The van der Waals surface area contributed by atoms with Gasteiger partial charge in [0, 0.05) is 16.7 Å². The van der Waals surface area contributed by atoms with E-state index in [9.17, 15) is 45.3 Å². The van der Waals surface area contributed by atoms with Crippen LogP contribution < -0.4 is 4.74 Å². The molecule has 6 rings (SSSR count). The molecule has 0 saturated heterocycles. The lowest BCUT2D eigenvalue weighted by Crippen LogP contribution is -2.59. The number of aliphatic hydroxyl groups excluding tert-OH is 1. The summed E-state index contributed by atoms with van der Waals surface area (Å²) in [6, 6.07) is 5.40. The van der Waals surface area contributed by atoms with Crippen molar-refractivity contribution in [3.05, 3.63) is 74.3 Å². The number of hydrogen-bond acceptors (Lipinski definition) is 10. The van der Waals surface area contributed by atoms with Gasteiger partial charge in [-0.15, -0.1) is 0 Å². The van der Waals surface area contributed by atoms with E-state index in [1.165, 1.54) is 38.1 Å². The van der Waals surface area contributed by atoms with Crippen LogP contribution in [0.2, 0.25) is 0 Å². The highest BCUT2D eigenvalue weighted by atomic mass is 16.5. The zero-order valence-electron chi connectivity index (χ0n) is 21.9. The van der Waals surface area contributed by atoms with E-state index < -0.39 is 68.6 Å². The number of Topliss-reactive ketones (excluding diaryl/α,β-unsaturated/α-hetero) is 1. The Balaban J connectivity index is 1.63. The first-order valence-electron chi connectivity index (χ1n) is 12.5. The van der Waals surface area contributed by atoms with E-state index in [1.807, 2.05) is 0 Å². The number of ketones is 2. The van der Waals surface area contributed by atoms with Crippen LogP contribution in [-0.2, 0) is 10.4 Å². The fourth-order valence-electron chi connectivity index (χ4n) is 6.65. The standard InChI is InChI=1S/C30H26O10/c1-10-5-14(31)20(15(32)6-10)27(37)18-12(3)24(34)22-19(26(18)36)13-9-30(22,39)29(4)23(25(13)35)28(38)21-16(33)7-11(2)8-17(21)40-29/h5-8,13,31-34,36,38-39H,9H2,1-4H3/t13-,29+,30?/m0/s1. The molecule has 40 heavy (non-hydrogen) atoms. The van der Waals surface area contributed by atoms with Crippen LogP contribution in [0.25, 0.3) is 5.76 Å². The molecule has 1 aliphatic heterocycles. The molecule has 3 atom stereocenters. The number of carbonyl (C=O) groups is 2. The van der Waals surface area contributed by atoms with Gasteiger partial charge in [0.15, 0.2) is 11.4 Å². The number of aryl methyl sites for hydroxylation is 2. The normalized spacial score (nSPS) is 24.3. The molecule has 0 radical (unpaired) electrons. The SMILES string of the molecule is Cc1cc(O)c(C(=O)c2c(C)c(O)c3c(c2O)[C@@H]2CC3(O)[C@]3(C)Oc4cc(C)cc(O)c4C(O)=C3C2=O)c(O)c1. The number of ether oxygens (including phenoxy) is 1. The van der Waals surface area contributed by atoms with Crippen molar-refractivity contribution in [1.29, 1.82) is 0 Å². The minimum Gasteiger partial charge on any atom is -0.507 e. The molecule has 2 bridgehead atoms. The van der Waals surface area contributed by atoms with E-state index in [2.05, 4.69) is 0 Å². The first-order valence-corrected chi connectivity index (χ1v) is 12.5. The highest BCUT2D eigenvalue weighted by molar-refractivity contribution is 6.17. The molecule has 0 aromatic heterocycles. The number of aliphatic hydroxyl groups is 2. The zero-order chi connectivity index (χ0) is 29.2. The molecule has 3 aliphatic rings. The van der Waals surface area contributed by atoms with Crippen LogP contribution in [0.15, 0.2) is 29.8 Å². The van der Waals surface area contributed by atoms with Crippen LogP contribution in [0.1, 0.15) is 68.6 Å². The van der Waals surface area contributed by atoms with Crippen molar-refractivity contribution in [2.75, 3.05) is 0 Å². The quantitative estimate of drug-likeness (QED) is 0.184. The van der Waals surface area contributed by atoms with Gasteiger partial charge in [0.05, 0.1) is 17.1 Å². The summed E-state index contributed by atoms with van der Waals surface area (Å²) in [5.41, 5.74) is -5.18. The smallest absolute Gasteiger partial charge is 0.204 e. The zero-order valence-corrected chi connectivity index (χ0v) is 21.9. The summed E-state index contributed by atoms with van der Waals surface area (Å²) in [4.78, 5) is 27.5. The van der Waals surface area contributed by atoms with Crippen molar-refractivity contribution < 1.29 is 50.1 Å². The lowest BCUT2D eigenvalue weighted by atomic mass is 9.66. The molecule has 1 fully saturated rings. The van der Waals surface area contributed by atoms with Crippen molar-refractivity contribution in [2.45, 2.75) is 51.2 Å². The highest BCUT2D eigenvalue weighted by Gasteiger charge is 2.69. The number of aromatic hydroxyl groups is 5. The number of phenolic OH excluding ortho intramolecular Hbond substituents is 5. The molecular weight excluding hydrogens is 520 g/mol. The Morgan fingerprint density at radius 1 is 0.875 bits per heavy atom. The molecule has 0 amide bonds. The Bertz CT molecular complexity index is 1740. The summed E-state index contributed by atoms with van der Waals surface area (Å²) in [6.45, 7) is 5.96. The summed E-state index contributed by atoms with van der Waals surface area (Å²) in [5.74, 6) is -6.42. The van der Waals surface area contributed by atoms with Gasteiger partial charge < -0.3 is 40.5 Å². The highest BCUT2D eigenvalue weighted by Crippen LogP contribution is 2.66. The first kappa shape index (κ1) is 25.6. The summed E-state index contributed by atoms with van der Waals surface area (Å²) in [6.07, 6.45) is -0.346. The maximum Gasteiger partial charge on any atom is 0.204 e. The third kappa shape index (κ3) is 2.86.